The Morgan fingerprint density at radius 1 is 1.13 bits per heavy atom. The minimum Gasteiger partial charge on any atom is -0.370 e. The molecule has 23 heavy (non-hydrogen) atoms. The molecule has 1 unspecified atom stereocenters. The zero-order chi connectivity index (χ0) is 17.6. The van der Waals surface area contributed by atoms with Crippen molar-refractivity contribution in [3.63, 3.8) is 0 Å². The standard InChI is InChI=1S/C17H25N3O3/c1-11(21)19-14(9-10-15(18)22)16(23)20-13-7-5-12(6-8-13)17(2,3)4/h5-8,14H,9-10H2,1-4H3,(H2,18,22)(H,19,21)(H,20,23). The first-order valence-electron chi connectivity index (χ1n) is 7.56. The highest BCUT2D eigenvalue weighted by atomic mass is 16.2. The van der Waals surface area contributed by atoms with Crippen molar-refractivity contribution in [3.05, 3.63) is 29.8 Å². The zero-order valence-corrected chi connectivity index (χ0v) is 14.1. The van der Waals surface area contributed by atoms with Crippen LogP contribution in [0.1, 0.15) is 46.1 Å². The molecule has 1 aromatic rings. The summed E-state index contributed by atoms with van der Waals surface area (Å²) >= 11 is 0. The van der Waals surface area contributed by atoms with Crippen LogP contribution in [0.25, 0.3) is 0 Å². The predicted molar refractivity (Wildman–Crippen MR) is 89.8 cm³/mol. The van der Waals surface area contributed by atoms with E-state index in [-0.39, 0.29) is 30.1 Å². The van der Waals surface area contributed by atoms with Gasteiger partial charge in [-0.25, -0.2) is 0 Å². The molecule has 4 N–H and O–H groups in total. The lowest BCUT2D eigenvalue weighted by Gasteiger charge is -2.20. The number of carbonyl (C=O) groups is 3. The molecule has 3 amide bonds. The number of anilines is 1. The molecule has 0 saturated carbocycles. The Hall–Kier alpha value is -2.37. The molecular formula is C17H25N3O3. The summed E-state index contributed by atoms with van der Waals surface area (Å²) in [6, 6.07) is 6.75. The molecular weight excluding hydrogens is 294 g/mol. The molecule has 0 aromatic heterocycles. The molecule has 0 heterocycles. The monoisotopic (exact) mass is 319 g/mol. The Labute approximate surface area is 136 Å². The molecule has 6 heteroatoms. The number of primary amides is 1. The second kappa shape index (κ2) is 7.76. The normalized spacial score (nSPS) is 12.3. The number of rotatable bonds is 6. The molecule has 0 bridgehead atoms. The van der Waals surface area contributed by atoms with Crippen LogP contribution in [0.2, 0.25) is 0 Å². The Balaban J connectivity index is 2.76. The van der Waals surface area contributed by atoms with E-state index in [1.165, 1.54) is 6.92 Å². The second-order valence-corrected chi connectivity index (χ2v) is 6.57. The molecule has 1 aromatic carbocycles. The Bertz CT molecular complexity index is 574. The van der Waals surface area contributed by atoms with Crippen molar-refractivity contribution in [3.8, 4) is 0 Å². The highest BCUT2D eigenvalue weighted by Crippen LogP contribution is 2.23. The summed E-state index contributed by atoms with van der Waals surface area (Å²) < 4.78 is 0. The number of carbonyl (C=O) groups excluding carboxylic acids is 3. The minimum absolute atomic E-state index is 0.0291. The summed E-state index contributed by atoms with van der Waals surface area (Å²) in [6.45, 7) is 7.65. The van der Waals surface area contributed by atoms with E-state index in [0.29, 0.717) is 5.69 Å². The van der Waals surface area contributed by atoms with Crippen molar-refractivity contribution in [2.75, 3.05) is 5.32 Å². The van der Waals surface area contributed by atoms with Crippen molar-refractivity contribution in [2.24, 2.45) is 5.73 Å². The van der Waals surface area contributed by atoms with Crippen LogP contribution in [0.5, 0.6) is 0 Å². The first kappa shape index (κ1) is 18.7. The van der Waals surface area contributed by atoms with E-state index in [2.05, 4.69) is 31.4 Å². The van der Waals surface area contributed by atoms with Gasteiger partial charge in [0.1, 0.15) is 6.04 Å². The van der Waals surface area contributed by atoms with Crippen molar-refractivity contribution in [1.82, 2.24) is 5.32 Å². The Morgan fingerprint density at radius 3 is 2.13 bits per heavy atom. The van der Waals surface area contributed by atoms with E-state index in [1.54, 1.807) is 0 Å². The van der Waals surface area contributed by atoms with Crippen molar-refractivity contribution >= 4 is 23.4 Å². The highest BCUT2D eigenvalue weighted by Gasteiger charge is 2.20. The maximum absolute atomic E-state index is 12.3. The maximum atomic E-state index is 12.3. The van der Waals surface area contributed by atoms with Gasteiger partial charge in [0.2, 0.25) is 17.7 Å². The number of hydrogen-bond acceptors (Lipinski definition) is 3. The lowest BCUT2D eigenvalue weighted by atomic mass is 9.87. The molecule has 0 radical (unpaired) electrons. The molecule has 0 saturated heterocycles. The van der Waals surface area contributed by atoms with E-state index in [0.717, 1.165) is 5.56 Å². The molecule has 1 atom stereocenters. The van der Waals surface area contributed by atoms with Crippen molar-refractivity contribution in [2.45, 2.75) is 52.0 Å². The van der Waals surface area contributed by atoms with Gasteiger partial charge in [-0.2, -0.15) is 0 Å². The third-order valence-corrected chi connectivity index (χ3v) is 3.39. The van der Waals surface area contributed by atoms with Crippen LogP contribution in [0, 0.1) is 0 Å². The van der Waals surface area contributed by atoms with Crippen LogP contribution in [-0.4, -0.2) is 23.8 Å². The third-order valence-electron chi connectivity index (χ3n) is 3.39. The van der Waals surface area contributed by atoms with Gasteiger partial charge in [-0.15, -0.1) is 0 Å². The van der Waals surface area contributed by atoms with Gasteiger partial charge in [-0.1, -0.05) is 32.9 Å². The van der Waals surface area contributed by atoms with Gasteiger partial charge in [0.15, 0.2) is 0 Å². The van der Waals surface area contributed by atoms with E-state index in [4.69, 9.17) is 5.73 Å². The topological polar surface area (TPSA) is 101 Å². The van der Waals surface area contributed by atoms with E-state index in [9.17, 15) is 14.4 Å². The smallest absolute Gasteiger partial charge is 0.246 e. The van der Waals surface area contributed by atoms with Crippen LogP contribution >= 0.6 is 0 Å². The van der Waals surface area contributed by atoms with Crippen LogP contribution in [0.4, 0.5) is 5.69 Å². The first-order valence-corrected chi connectivity index (χ1v) is 7.56. The second-order valence-electron chi connectivity index (χ2n) is 6.57. The van der Waals surface area contributed by atoms with Crippen LogP contribution in [-0.2, 0) is 19.8 Å². The van der Waals surface area contributed by atoms with E-state index < -0.39 is 11.9 Å². The van der Waals surface area contributed by atoms with Gasteiger partial charge < -0.3 is 16.4 Å². The molecule has 1 rings (SSSR count). The molecule has 0 fully saturated rings. The van der Waals surface area contributed by atoms with Gasteiger partial charge in [0, 0.05) is 19.0 Å². The lowest BCUT2D eigenvalue weighted by molar-refractivity contribution is -0.126. The van der Waals surface area contributed by atoms with Gasteiger partial charge in [-0.05, 0) is 29.5 Å². The predicted octanol–water partition coefficient (Wildman–Crippen LogP) is 1.69. The fourth-order valence-electron chi connectivity index (χ4n) is 2.08. The summed E-state index contributed by atoms with van der Waals surface area (Å²) in [4.78, 5) is 34.3. The summed E-state index contributed by atoms with van der Waals surface area (Å²) in [5.41, 5.74) is 6.92. The third kappa shape index (κ3) is 6.50. The van der Waals surface area contributed by atoms with Crippen LogP contribution in [0.15, 0.2) is 24.3 Å². The molecule has 126 valence electrons. The number of nitrogens with two attached hydrogens (primary N) is 1. The van der Waals surface area contributed by atoms with E-state index in [1.807, 2.05) is 24.3 Å². The summed E-state index contributed by atoms with van der Waals surface area (Å²) in [5, 5.41) is 5.28. The Morgan fingerprint density at radius 2 is 1.70 bits per heavy atom. The fraction of sp³-hybridized carbons (Fsp3) is 0.471. The summed E-state index contributed by atoms with van der Waals surface area (Å²) in [6.07, 6.45) is 0.197. The lowest BCUT2D eigenvalue weighted by Crippen LogP contribution is -2.43. The summed E-state index contributed by atoms with van der Waals surface area (Å²) in [7, 11) is 0. The number of amides is 3. The van der Waals surface area contributed by atoms with Gasteiger partial charge in [0.25, 0.3) is 0 Å². The molecule has 0 aliphatic rings. The average Bonchev–Trinajstić information content (AvgIpc) is 2.42. The zero-order valence-electron chi connectivity index (χ0n) is 14.1. The molecule has 0 spiro atoms. The van der Waals surface area contributed by atoms with Crippen LogP contribution in [0.3, 0.4) is 0 Å². The van der Waals surface area contributed by atoms with Crippen molar-refractivity contribution < 1.29 is 14.4 Å². The first-order chi connectivity index (χ1) is 10.6. The van der Waals surface area contributed by atoms with Gasteiger partial charge in [0.05, 0.1) is 0 Å². The largest absolute Gasteiger partial charge is 0.370 e. The number of hydrogen-bond donors (Lipinski definition) is 3. The molecule has 6 nitrogen and oxygen atoms in total. The highest BCUT2D eigenvalue weighted by molar-refractivity contribution is 5.97. The number of nitrogens with one attached hydrogen (secondary N) is 2. The molecule has 0 aliphatic heterocycles. The Kier molecular flexibility index (Phi) is 6.30. The van der Waals surface area contributed by atoms with Crippen LogP contribution < -0.4 is 16.4 Å². The molecule has 0 aliphatic carbocycles. The number of benzene rings is 1. The quantitative estimate of drug-likeness (QED) is 0.743. The summed E-state index contributed by atoms with van der Waals surface area (Å²) in [5.74, 6) is -1.22. The fourth-order valence-corrected chi connectivity index (χ4v) is 2.08. The van der Waals surface area contributed by atoms with E-state index >= 15 is 0 Å². The maximum Gasteiger partial charge on any atom is 0.246 e. The minimum atomic E-state index is -0.790. The van der Waals surface area contributed by atoms with Gasteiger partial charge >= 0.3 is 0 Å². The van der Waals surface area contributed by atoms with Gasteiger partial charge in [-0.3, -0.25) is 14.4 Å². The SMILES string of the molecule is CC(=O)NC(CCC(N)=O)C(=O)Nc1ccc(C(C)(C)C)cc1. The van der Waals surface area contributed by atoms with Crippen molar-refractivity contribution in [1.29, 1.82) is 0 Å². The average molecular weight is 319 g/mol.